The normalized spacial score (nSPS) is 17.2. The van der Waals surface area contributed by atoms with E-state index in [1.165, 1.54) is 7.11 Å². The molecule has 2 heterocycles. The number of carbonyl (C=O) groups excluding carboxylic acids is 2. The van der Waals surface area contributed by atoms with E-state index in [0.717, 1.165) is 35.4 Å². The Morgan fingerprint density at radius 1 is 1.36 bits per heavy atom. The highest BCUT2D eigenvalue weighted by atomic mass is 16.5. The number of hydrogen-bond donors (Lipinski definition) is 0. The van der Waals surface area contributed by atoms with Gasteiger partial charge in [0.1, 0.15) is 5.75 Å². The van der Waals surface area contributed by atoms with Crippen LogP contribution in [0.25, 0.3) is 0 Å². The van der Waals surface area contributed by atoms with Gasteiger partial charge in [0.15, 0.2) is 0 Å². The van der Waals surface area contributed by atoms with Crippen molar-refractivity contribution in [3.05, 3.63) is 23.0 Å². The van der Waals surface area contributed by atoms with E-state index in [4.69, 9.17) is 9.47 Å². The van der Waals surface area contributed by atoms with Gasteiger partial charge in [-0.05, 0) is 26.7 Å². The molecule has 138 valence electrons. The van der Waals surface area contributed by atoms with Crippen molar-refractivity contribution in [1.82, 2.24) is 14.8 Å². The van der Waals surface area contributed by atoms with Crippen LogP contribution in [0.2, 0.25) is 0 Å². The first-order chi connectivity index (χ1) is 11.9. The summed E-state index contributed by atoms with van der Waals surface area (Å²) in [4.78, 5) is 32.2. The third-order valence-corrected chi connectivity index (χ3v) is 4.72. The van der Waals surface area contributed by atoms with Crippen LogP contribution >= 0.6 is 0 Å². The van der Waals surface area contributed by atoms with Crippen LogP contribution in [0, 0.1) is 19.8 Å². The van der Waals surface area contributed by atoms with Crippen molar-refractivity contribution < 1.29 is 19.1 Å². The Morgan fingerprint density at radius 2 is 2.08 bits per heavy atom. The van der Waals surface area contributed by atoms with Gasteiger partial charge in [-0.1, -0.05) is 0 Å². The van der Waals surface area contributed by atoms with Gasteiger partial charge in [0.05, 0.1) is 32.4 Å². The van der Waals surface area contributed by atoms with Gasteiger partial charge in [-0.15, -0.1) is 0 Å². The maximum Gasteiger partial charge on any atom is 0.409 e. The Morgan fingerprint density at radius 3 is 2.72 bits per heavy atom. The van der Waals surface area contributed by atoms with E-state index in [-0.39, 0.29) is 17.9 Å². The minimum Gasteiger partial charge on any atom is -0.496 e. The Hall–Kier alpha value is -2.31. The molecule has 1 aliphatic heterocycles. The number of aryl methyl sites for hydroxylation is 1. The van der Waals surface area contributed by atoms with E-state index in [1.54, 1.807) is 30.2 Å². The van der Waals surface area contributed by atoms with Crippen molar-refractivity contribution in [2.75, 3.05) is 34.4 Å². The fourth-order valence-corrected chi connectivity index (χ4v) is 3.32. The molecule has 1 aromatic heterocycles. The molecule has 1 aromatic rings. The number of likely N-dealkylation sites (tertiary alicyclic amines) is 1. The third kappa shape index (κ3) is 4.21. The minimum absolute atomic E-state index is 0.0225. The Labute approximate surface area is 148 Å². The summed E-state index contributed by atoms with van der Waals surface area (Å²) in [7, 11) is 4.77. The lowest BCUT2D eigenvalue weighted by Crippen LogP contribution is -2.45. The van der Waals surface area contributed by atoms with Crippen molar-refractivity contribution in [2.45, 2.75) is 33.2 Å². The average Bonchev–Trinajstić information content (AvgIpc) is 2.63. The molecule has 0 saturated carbocycles. The molecule has 1 aliphatic rings. The number of nitrogens with zero attached hydrogens (tertiary/aromatic N) is 3. The van der Waals surface area contributed by atoms with Crippen LogP contribution in [-0.4, -0.2) is 61.1 Å². The highest BCUT2D eigenvalue weighted by Crippen LogP contribution is 2.25. The Balaban J connectivity index is 2.07. The van der Waals surface area contributed by atoms with Gasteiger partial charge in [0, 0.05) is 37.5 Å². The molecular weight excluding hydrogens is 322 g/mol. The molecular formula is C18H27N3O4. The number of rotatable bonds is 4. The van der Waals surface area contributed by atoms with Crippen LogP contribution in [0.5, 0.6) is 5.75 Å². The number of methoxy groups -OCH3 is 2. The van der Waals surface area contributed by atoms with Crippen LogP contribution in [-0.2, 0) is 16.1 Å². The molecule has 0 radical (unpaired) electrons. The number of pyridine rings is 1. The molecule has 0 unspecified atom stereocenters. The minimum atomic E-state index is -0.374. The Kier molecular flexibility index (Phi) is 6.22. The van der Waals surface area contributed by atoms with Crippen LogP contribution in [0.15, 0.2) is 6.20 Å². The molecule has 1 fully saturated rings. The molecule has 7 heteroatoms. The average molecular weight is 349 g/mol. The summed E-state index contributed by atoms with van der Waals surface area (Å²) in [5.74, 6) is 0.625. The topological polar surface area (TPSA) is 72.0 Å². The largest absolute Gasteiger partial charge is 0.496 e. The number of hydrogen-bond acceptors (Lipinski definition) is 5. The maximum absolute atomic E-state index is 12.8. The number of amides is 2. The maximum atomic E-state index is 12.8. The summed E-state index contributed by atoms with van der Waals surface area (Å²) in [6.45, 7) is 5.35. The van der Waals surface area contributed by atoms with E-state index >= 15 is 0 Å². The summed E-state index contributed by atoms with van der Waals surface area (Å²) in [5, 5.41) is 0. The summed E-state index contributed by atoms with van der Waals surface area (Å²) in [5.41, 5.74) is 2.74. The molecule has 0 aromatic carbocycles. The fourth-order valence-electron chi connectivity index (χ4n) is 3.32. The second kappa shape index (κ2) is 8.18. The third-order valence-electron chi connectivity index (χ3n) is 4.72. The SMILES string of the molecule is COC(=O)N1CCC[C@H](C(=O)N(C)Cc2ncc(C)c(OC)c2C)C1. The van der Waals surface area contributed by atoms with Crippen molar-refractivity contribution in [2.24, 2.45) is 5.92 Å². The highest BCUT2D eigenvalue weighted by molar-refractivity contribution is 5.80. The van der Waals surface area contributed by atoms with Crippen LogP contribution in [0.3, 0.4) is 0 Å². The summed E-state index contributed by atoms with van der Waals surface area (Å²) >= 11 is 0. The first-order valence-electron chi connectivity index (χ1n) is 8.46. The van der Waals surface area contributed by atoms with Crippen molar-refractivity contribution >= 4 is 12.0 Å². The molecule has 0 N–H and O–H groups in total. The molecule has 0 bridgehead atoms. The lowest BCUT2D eigenvalue weighted by atomic mass is 9.96. The quantitative estimate of drug-likeness (QED) is 0.833. The van der Waals surface area contributed by atoms with E-state index in [0.29, 0.717) is 19.6 Å². The van der Waals surface area contributed by atoms with Gasteiger partial charge < -0.3 is 19.3 Å². The number of piperidine rings is 1. The van der Waals surface area contributed by atoms with E-state index in [1.807, 2.05) is 13.8 Å². The molecule has 2 rings (SSSR count). The Bertz CT molecular complexity index is 647. The van der Waals surface area contributed by atoms with E-state index in [9.17, 15) is 9.59 Å². The molecule has 0 spiro atoms. The van der Waals surface area contributed by atoms with Crippen LogP contribution < -0.4 is 4.74 Å². The fraction of sp³-hybridized carbons (Fsp3) is 0.611. The molecule has 25 heavy (non-hydrogen) atoms. The van der Waals surface area contributed by atoms with Gasteiger partial charge in [0.25, 0.3) is 0 Å². The highest BCUT2D eigenvalue weighted by Gasteiger charge is 2.30. The second-order valence-corrected chi connectivity index (χ2v) is 6.50. The zero-order valence-corrected chi connectivity index (χ0v) is 15.7. The lowest BCUT2D eigenvalue weighted by molar-refractivity contribution is -0.136. The van der Waals surface area contributed by atoms with E-state index < -0.39 is 0 Å². The van der Waals surface area contributed by atoms with Crippen molar-refractivity contribution in [3.8, 4) is 5.75 Å². The summed E-state index contributed by atoms with van der Waals surface area (Å²) < 4.78 is 10.2. The van der Waals surface area contributed by atoms with E-state index in [2.05, 4.69) is 4.98 Å². The molecule has 2 amide bonds. The molecule has 7 nitrogen and oxygen atoms in total. The number of aromatic nitrogens is 1. The summed E-state index contributed by atoms with van der Waals surface area (Å²) in [6, 6.07) is 0. The van der Waals surface area contributed by atoms with Crippen LogP contribution in [0.1, 0.15) is 29.7 Å². The van der Waals surface area contributed by atoms with Crippen molar-refractivity contribution in [1.29, 1.82) is 0 Å². The first kappa shape index (κ1) is 19.0. The first-order valence-corrected chi connectivity index (χ1v) is 8.46. The number of ether oxygens (including phenoxy) is 2. The zero-order valence-electron chi connectivity index (χ0n) is 15.7. The van der Waals surface area contributed by atoms with Crippen molar-refractivity contribution in [3.63, 3.8) is 0 Å². The summed E-state index contributed by atoms with van der Waals surface area (Å²) in [6.07, 6.45) is 2.97. The smallest absolute Gasteiger partial charge is 0.409 e. The van der Waals surface area contributed by atoms with Gasteiger partial charge >= 0.3 is 6.09 Å². The van der Waals surface area contributed by atoms with Gasteiger partial charge in [-0.3, -0.25) is 9.78 Å². The monoisotopic (exact) mass is 349 g/mol. The second-order valence-electron chi connectivity index (χ2n) is 6.50. The van der Waals surface area contributed by atoms with Gasteiger partial charge in [0.2, 0.25) is 5.91 Å². The van der Waals surface area contributed by atoms with Crippen LogP contribution in [0.4, 0.5) is 4.79 Å². The lowest BCUT2D eigenvalue weighted by Gasteiger charge is -2.33. The van der Waals surface area contributed by atoms with Gasteiger partial charge in [-0.2, -0.15) is 0 Å². The molecule has 1 saturated heterocycles. The predicted molar refractivity (Wildman–Crippen MR) is 93.4 cm³/mol. The van der Waals surface area contributed by atoms with Gasteiger partial charge in [-0.25, -0.2) is 4.79 Å². The molecule has 0 aliphatic carbocycles. The molecule has 1 atom stereocenters. The predicted octanol–water partition coefficient (Wildman–Crippen LogP) is 2.14. The number of carbonyl (C=O) groups is 2. The zero-order chi connectivity index (χ0) is 18.6. The standard InChI is InChI=1S/C18H27N3O4/c1-12-9-19-15(13(2)16(12)24-4)11-20(3)17(22)14-7-6-8-21(10-14)18(23)25-5/h9,14H,6-8,10-11H2,1-5H3/t14-/m0/s1.